The fourth-order valence-electron chi connectivity index (χ4n) is 1.92. The van der Waals surface area contributed by atoms with Gasteiger partial charge in [0.25, 0.3) is 0 Å². The standard InChI is InChI=1S/C13H23N5O/c1-4-14-11-15-12(18(5-2)6-3)17-13(16-11)19-10-8-7-9-10/h10H,4-9H2,1-3H3,(H,14,15,16,17). The molecular formula is C13H23N5O. The van der Waals surface area contributed by atoms with Crippen molar-refractivity contribution in [2.45, 2.75) is 46.1 Å². The number of rotatable bonds is 7. The molecule has 1 aromatic rings. The maximum absolute atomic E-state index is 5.79. The predicted octanol–water partition coefficient (Wildman–Crippen LogP) is 2.08. The van der Waals surface area contributed by atoms with Crippen LogP contribution < -0.4 is 15.0 Å². The van der Waals surface area contributed by atoms with Gasteiger partial charge in [-0.15, -0.1) is 0 Å². The summed E-state index contributed by atoms with van der Waals surface area (Å²) >= 11 is 0. The summed E-state index contributed by atoms with van der Waals surface area (Å²) in [6.45, 7) is 8.72. The fourth-order valence-corrected chi connectivity index (χ4v) is 1.92. The Kier molecular flexibility index (Phi) is 4.76. The Bertz CT molecular complexity index is 404. The quantitative estimate of drug-likeness (QED) is 0.814. The van der Waals surface area contributed by atoms with Gasteiger partial charge in [0, 0.05) is 19.6 Å². The van der Waals surface area contributed by atoms with Crippen molar-refractivity contribution in [3.8, 4) is 6.01 Å². The van der Waals surface area contributed by atoms with E-state index in [1.807, 2.05) is 6.92 Å². The summed E-state index contributed by atoms with van der Waals surface area (Å²) in [5, 5.41) is 3.13. The lowest BCUT2D eigenvalue weighted by Crippen LogP contribution is -2.28. The zero-order valence-corrected chi connectivity index (χ0v) is 12.0. The van der Waals surface area contributed by atoms with Crippen LogP contribution in [0.25, 0.3) is 0 Å². The molecule has 0 amide bonds. The second kappa shape index (κ2) is 6.54. The molecular weight excluding hydrogens is 242 g/mol. The van der Waals surface area contributed by atoms with Crippen LogP contribution in [0.15, 0.2) is 0 Å². The Labute approximate surface area is 114 Å². The van der Waals surface area contributed by atoms with Crippen molar-refractivity contribution in [2.24, 2.45) is 0 Å². The third-order valence-electron chi connectivity index (χ3n) is 3.31. The van der Waals surface area contributed by atoms with Crippen molar-refractivity contribution in [2.75, 3.05) is 29.9 Å². The van der Waals surface area contributed by atoms with Gasteiger partial charge in [0.05, 0.1) is 0 Å². The Morgan fingerprint density at radius 1 is 1.16 bits per heavy atom. The van der Waals surface area contributed by atoms with Gasteiger partial charge in [-0.3, -0.25) is 0 Å². The van der Waals surface area contributed by atoms with E-state index in [1.165, 1.54) is 6.42 Å². The van der Waals surface area contributed by atoms with Crippen molar-refractivity contribution in [3.63, 3.8) is 0 Å². The molecule has 1 fully saturated rings. The van der Waals surface area contributed by atoms with Crippen molar-refractivity contribution >= 4 is 11.9 Å². The van der Waals surface area contributed by atoms with Gasteiger partial charge in [0.15, 0.2) is 0 Å². The average Bonchev–Trinajstić information content (AvgIpc) is 2.36. The fraction of sp³-hybridized carbons (Fsp3) is 0.769. The first kappa shape index (κ1) is 13.8. The van der Waals surface area contributed by atoms with Crippen LogP contribution >= 0.6 is 0 Å². The summed E-state index contributed by atoms with van der Waals surface area (Å²) in [5.41, 5.74) is 0. The smallest absolute Gasteiger partial charge is 0.323 e. The number of ether oxygens (including phenoxy) is 1. The first-order valence-corrected chi connectivity index (χ1v) is 7.18. The highest BCUT2D eigenvalue weighted by molar-refractivity contribution is 5.38. The molecule has 1 N–H and O–H groups in total. The van der Waals surface area contributed by atoms with E-state index in [4.69, 9.17) is 4.74 Å². The van der Waals surface area contributed by atoms with E-state index in [2.05, 4.69) is 39.0 Å². The average molecular weight is 265 g/mol. The molecule has 19 heavy (non-hydrogen) atoms. The SMILES string of the molecule is CCNc1nc(OC2CCC2)nc(N(CC)CC)n1. The maximum atomic E-state index is 5.79. The van der Waals surface area contributed by atoms with Gasteiger partial charge in [-0.05, 0) is 40.0 Å². The predicted molar refractivity (Wildman–Crippen MR) is 75.8 cm³/mol. The minimum atomic E-state index is 0.279. The van der Waals surface area contributed by atoms with E-state index >= 15 is 0 Å². The summed E-state index contributed by atoms with van der Waals surface area (Å²) in [6.07, 6.45) is 3.71. The van der Waals surface area contributed by atoms with Gasteiger partial charge in [-0.25, -0.2) is 0 Å². The molecule has 1 aromatic heterocycles. The third kappa shape index (κ3) is 3.45. The van der Waals surface area contributed by atoms with Crippen LogP contribution in [0.1, 0.15) is 40.0 Å². The molecule has 0 unspecified atom stereocenters. The maximum Gasteiger partial charge on any atom is 0.323 e. The summed E-state index contributed by atoms with van der Waals surface area (Å²) in [6, 6.07) is 0.442. The highest BCUT2D eigenvalue weighted by atomic mass is 16.5. The van der Waals surface area contributed by atoms with Crippen molar-refractivity contribution < 1.29 is 4.74 Å². The van der Waals surface area contributed by atoms with Crippen LogP contribution in [-0.2, 0) is 0 Å². The normalized spacial score (nSPS) is 14.9. The summed E-state index contributed by atoms with van der Waals surface area (Å²) < 4.78 is 5.79. The zero-order chi connectivity index (χ0) is 13.7. The molecule has 0 atom stereocenters. The van der Waals surface area contributed by atoms with Crippen LogP contribution in [0.4, 0.5) is 11.9 Å². The monoisotopic (exact) mass is 265 g/mol. The van der Waals surface area contributed by atoms with Crippen LogP contribution in [0.3, 0.4) is 0 Å². The molecule has 6 heteroatoms. The van der Waals surface area contributed by atoms with Crippen molar-refractivity contribution in [1.82, 2.24) is 15.0 Å². The van der Waals surface area contributed by atoms with E-state index < -0.39 is 0 Å². The van der Waals surface area contributed by atoms with Gasteiger partial charge in [-0.2, -0.15) is 15.0 Å². The Balaban J connectivity index is 2.20. The van der Waals surface area contributed by atoms with Crippen LogP contribution in [-0.4, -0.2) is 40.7 Å². The van der Waals surface area contributed by atoms with E-state index in [9.17, 15) is 0 Å². The second-order valence-corrected chi connectivity index (χ2v) is 4.61. The number of hydrogen-bond acceptors (Lipinski definition) is 6. The minimum absolute atomic E-state index is 0.279. The second-order valence-electron chi connectivity index (χ2n) is 4.61. The van der Waals surface area contributed by atoms with Crippen molar-refractivity contribution in [1.29, 1.82) is 0 Å². The number of hydrogen-bond donors (Lipinski definition) is 1. The van der Waals surface area contributed by atoms with E-state index in [-0.39, 0.29) is 6.10 Å². The number of aromatic nitrogens is 3. The molecule has 2 rings (SSSR count). The van der Waals surface area contributed by atoms with Gasteiger partial charge in [0.2, 0.25) is 11.9 Å². The molecule has 0 bridgehead atoms. The van der Waals surface area contributed by atoms with E-state index in [0.717, 1.165) is 32.5 Å². The molecule has 0 radical (unpaired) electrons. The molecule has 0 aliphatic heterocycles. The number of anilines is 2. The molecule has 106 valence electrons. The largest absolute Gasteiger partial charge is 0.460 e. The van der Waals surface area contributed by atoms with Gasteiger partial charge in [0.1, 0.15) is 6.10 Å². The molecule has 0 saturated heterocycles. The van der Waals surface area contributed by atoms with Gasteiger partial charge >= 0.3 is 6.01 Å². The highest BCUT2D eigenvalue weighted by Crippen LogP contribution is 2.24. The number of nitrogens with zero attached hydrogens (tertiary/aromatic N) is 4. The topological polar surface area (TPSA) is 63.2 Å². The molecule has 1 aliphatic rings. The minimum Gasteiger partial charge on any atom is -0.460 e. The Morgan fingerprint density at radius 3 is 2.42 bits per heavy atom. The highest BCUT2D eigenvalue weighted by Gasteiger charge is 2.21. The number of nitrogens with one attached hydrogen (secondary N) is 1. The Hall–Kier alpha value is -1.59. The molecule has 1 aliphatic carbocycles. The van der Waals surface area contributed by atoms with Gasteiger partial charge < -0.3 is 15.0 Å². The van der Waals surface area contributed by atoms with Gasteiger partial charge in [-0.1, -0.05) is 0 Å². The van der Waals surface area contributed by atoms with E-state index in [0.29, 0.717) is 17.9 Å². The van der Waals surface area contributed by atoms with Crippen LogP contribution in [0.5, 0.6) is 6.01 Å². The molecule has 1 saturated carbocycles. The summed E-state index contributed by atoms with van der Waals surface area (Å²) in [5.74, 6) is 1.28. The molecule has 0 spiro atoms. The third-order valence-corrected chi connectivity index (χ3v) is 3.31. The first-order chi connectivity index (χ1) is 9.26. The van der Waals surface area contributed by atoms with Crippen molar-refractivity contribution in [3.05, 3.63) is 0 Å². The van der Waals surface area contributed by atoms with E-state index in [1.54, 1.807) is 0 Å². The first-order valence-electron chi connectivity index (χ1n) is 7.18. The molecule has 1 heterocycles. The zero-order valence-electron chi connectivity index (χ0n) is 12.0. The lowest BCUT2D eigenvalue weighted by atomic mass is 9.96. The Morgan fingerprint density at radius 2 is 1.89 bits per heavy atom. The lowest BCUT2D eigenvalue weighted by Gasteiger charge is -2.26. The summed E-state index contributed by atoms with van der Waals surface area (Å²) in [4.78, 5) is 15.3. The lowest BCUT2D eigenvalue weighted by molar-refractivity contribution is 0.108. The molecule has 0 aromatic carbocycles. The van der Waals surface area contributed by atoms with Crippen LogP contribution in [0.2, 0.25) is 0 Å². The summed E-state index contributed by atoms with van der Waals surface area (Å²) in [7, 11) is 0. The van der Waals surface area contributed by atoms with Crippen LogP contribution in [0, 0.1) is 0 Å². The molecule has 6 nitrogen and oxygen atoms in total.